The number of carbonyl (C=O) groups is 1. The summed E-state index contributed by atoms with van der Waals surface area (Å²) in [5.41, 5.74) is 1.44. The van der Waals surface area contributed by atoms with Crippen LogP contribution < -0.4 is 5.32 Å². The van der Waals surface area contributed by atoms with Crippen molar-refractivity contribution < 1.29 is 17.9 Å². The van der Waals surface area contributed by atoms with Crippen LogP contribution in [0, 0.1) is 6.92 Å². The van der Waals surface area contributed by atoms with E-state index in [1.807, 2.05) is 19.1 Å². The first-order chi connectivity index (χ1) is 11.7. The van der Waals surface area contributed by atoms with Gasteiger partial charge in [0.15, 0.2) is 9.84 Å². The number of anilines is 1. The second-order valence-corrected chi connectivity index (χ2v) is 8.39. The Labute approximate surface area is 160 Å². The van der Waals surface area contributed by atoms with Crippen molar-refractivity contribution in [2.24, 2.45) is 0 Å². The number of halogens is 3. The lowest BCUT2D eigenvalue weighted by Crippen LogP contribution is -2.20. The molecule has 0 heterocycles. The molecule has 0 bridgehead atoms. The van der Waals surface area contributed by atoms with Gasteiger partial charge in [0.05, 0.1) is 25.7 Å². The molecule has 0 spiro atoms. The third-order valence-electron chi connectivity index (χ3n) is 3.28. The fourth-order valence-corrected chi connectivity index (χ4v) is 4.10. The predicted octanol–water partition coefficient (Wildman–Crippen LogP) is 4.98. The molecule has 0 aliphatic carbocycles. The molecular formula is C16H14Cl3NO4S. The highest BCUT2D eigenvalue weighted by atomic mass is 35.5. The zero-order valence-electron chi connectivity index (χ0n) is 13.1. The number of nitrogens with one attached hydrogen (secondary N) is 1. The Hall–Kier alpha value is -1.47. The Morgan fingerprint density at radius 1 is 1.08 bits per heavy atom. The van der Waals surface area contributed by atoms with Crippen molar-refractivity contribution in [3.05, 3.63) is 57.0 Å². The summed E-state index contributed by atoms with van der Waals surface area (Å²) in [6.07, 6.45) is -0.746. The minimum absolute atomic E-state index is 0.0428. The Balaban J connectivity index is 1.98. The van der Waals surface area contributed by atoms with Crippen LogP contribution in [-0.2, 0) is 14.6 Å². The molecule has 0 aliphatic rings. The van der Waals surface area contributed by atoms with Gasteiger partial charge in [-0.05, 0) is 30.7 Å². The number of ether oxygens (including phenoxy) is 1. The summed E-state index contributed by atoms with van der Waals surface area (Å²) >= 11 is 17.5. The lowest BCUT2D eigenvalue weighted by molar-refractivity contribution is 0.168. The Bertz CT molecular complexity index is 900. The van der Waals surface area contributed by atoms with E-state index < -0.39 is 21.7 Å². The number of aryl methyl sites for hydroxylation is 1. The average molecular weight is 423 g/mol. The van der Waals surface area contributed by atoms with Crippen molar-refractivity contribution in [3.63, 3.8) is 0 Å². The van der Waals surface area contributed by atoms with Crippen molar-refractivity contribution in [3.8, 4) is 0 Å². The Kier molecular flexibility index (Phi) is 6.57. The molecule has 0 atom stereocenters. The lowest BCUT2D eigenvalue weighted by atomic mass is 10.2. The van der Waals surface area contributed by atoms with Crippen LogP contribution in [0.5, 0.6) is 0 Å². The fraction of sp³-hybridized carbons (Fsp3) is 0.188. The smallest absolute Gasteiger partial charge is 0.411 e. The highest BCUT2D eigenvalue weighted by molar-refractivity contribution is 7.91. The van der Waals surface area contributed by atoms with Gasteiger partial charge in [-0.3, -0.25) is 5.32 Å². The van der Waals surface area contributed by atoms with Gasteiger partial charge in [0.1, 0.15) is 6.61 Å². The normalized spacial score (nSPS) is 11.2. The van der Waals surface area contributed by atoms with Crippen molar-refractivity contribution in [2.45, 2.75) is 11.8 Å². The maximum atomic E-state index is 12.3. The minimum Gasteiger partial charge on any atom is -0.448 e. The Morgan fingerprint density at radius 2 is 1.72 bits per heavy atom. The van der Waals surface area contributed by atoms with E-state index in [9.17, 15) is 13.2 Å². The molecule has 2 aromatic rings. The molecule has 1 N–H and O–H groups in total. The highest BCUT2D eigenvalue weighted by Crippen LogP contribution is 2.32. The molecule has 134 valence electrons. The van der Waals surface area contributed by atoms with Crippen LogP contribution in [0.4, 0.5) is 10.5 Å². The summed E-state index contributed by atoms with van der Waals surface area (Å²) < 4.78 is 29.5. The molecule has 9 heteroatoms. The van der Waals surface area contributed by atoms with Gasteiger partial charge >= 0.3 is 6.09 Å². The lowest BCUT2D eigenvalue weighted by Gasteiger charge is -2.10. The first-order valence-corrected chi connectivity index (χ1v) is 9.86. The molecule has 0 saturated carbocycles. The number of carbonyl (C=O) groups excluding carboxylic acids is 1. The van der Waals surface area contributed by atoms with Gasteiger partial charge in [-0.15, -0.1) is 0 Å². The molecule has 25 heavy (non-hydrogen) atoms. The van der Waals surface area contributed by atoms with E-state index >= 15 is 0 Å². The Morgan fingerprint density at radius 3 is 2.40 bits per heavy atom. The van der Waals surface area contributed by atoms with Gasteiger partial charge in [0, 0.05) is 5.69 Å². The standard InChI is InChI=1S/C16H14Cl3NO4S/c1-10-4-2-3-5-14(10)20-16(21)24-6-7-25(22,23)15-9-12(18)11(17)8-13(15)19/h2-5,8-9H,6-7H2,1H3,(H,20,21). The van der Waals surface area contributed by atoms with E-state index in [0.29, 0.717) is 5.69 Å². The largest absolute Gasteiger partial charge is 0.448 e. The molecule has 0 radical (unpaired) electrons. The average Bonchev–Trinajstić information content (AvgIpc) is 2.52. The molecule has 2 aromatic carbocycles. The van der Waals surface area contributed by atoms with Crippen LogP contribution in [0.1, 0.15) is 5.56 Å². The number of amides is 1. The second-order valence-electron chi connectivity index (χ2n) is 5.09. The zero-order chi connectivity index (χ0) is 18.6. The van der Waals surface area contributed by atoms with Crippen LogP contribution >= 0.6 is 34.8 Å². The number of hydrogen-bond acceptors (Lipinski definition) is 4. The van der Waals surface area contributed by atoms with Crippen LogP contribution in [0.15, 0.2) is 41.3 Å². The first-order valence-electron chi connectivity index (χ1n) is 7.07. The van der Waals surface area contributed by atoms with E-state index in [1.54, 1.807) is 12.1 Å². The molecule has 1 amide bonds. The summed E-state index contributed by atoms with van der Waals surface area (Å²) in [7, 11) is -3.79. The van der Waals surface area contributed by atoms with E-state index in [-0.39, 0.29) is 26.6 Å². The summed E-state index contributed by atoms with van der Waals surface area (Å²) in [5, 5.41) is 2.73. The third kappa shape index (κ3) is 5.25. The summed E-state index contributed by atoms with van der Waals surface area (Å²) in [4.78, 5) is 11.6. The third-order valence-corrected chi connectivity index (χ3v) is 6.14. The number of hydrogen-bond donors (Lipinski definition) is 1. The fourth-order valence-electron chi connectivity index (χ4n) is 1.96. The van der Waals surface area contributed by atoms with Crippen LogP contribution in [-0.4, -0.2) is 26.9 Å². The summed E-state index contributed by atoms with van der Waals surface area (Å²) in [6.45, 7) is 1.49. The van der Waals surface area contributed by atoms with Gasteiger partial charge in [-0.1, -0.05) is 53.0 Å². The van der Waals surface area contributed by atoms with E-state index in [1.165, 1.54) is 12.1 Å². The maximum absolute atomic E-state index is 12.3. The molecule has 5 nitrogen and oxygen atoms in total. The van der Waals surface area contributed by atoms with Crippen molar-refractivity contribution >= 4 is 56.4 Å². The van der Waals surface area contributed by atoms with Gasteiger partial charge in [0.25, 0.3) is 0 Å². The second kappa shape index (κ2) is 8.27. The number of benzene rings is 2. The van der Waals surface area contributed by atoms with E-state index in [2.05, 4.69) is 5.32 Å². The molecule has 0 saturated heterocycles. The predicted molar refractivity (Wildman–Crippen MR) is 99.7 cm³/mol. The van der Waals surface area contributed by atoms with E-state index in [0.717, 1.165) is 5.56 Å². The molecule has 0 fully saturated rings. The summed E-state index contributed by atoms with van der Waals surface area (Å²) in [5.74, 6) is -0.439. The van der Waals surface area contributed by atoms with Gasteiger partial charge in [-0.25, -0.2) is 13.2 Å². The van der Waals surface area contributed by atoms with Gasteiger partial charge < -0.3 is 4.74 Å². The van der Waals surface area contributed by atoms with Gasteiger partial charge in [0.2, 0.25) is 0 Å². The monoisotopic (exact) mass is 421 g/mol. The minimum atomic E-state index is -3.79. The number of sulfone groups is 1. The first kappa shape index (κ1) is 19.8. The topological polar surface area (TPSA) is 72.5 Å². The molecule has 2 rings (SSSR count). The SMILES string of the molecule is Cc1ccccc1NC(=O)OCCS(=O)(=O)c1cc(Cl)c(Cl)cc1Cl. The quantitative estimate of drug-likeness (QED) is 0.690. The maximum Gasteiger partial charge on any atom is 0.411 e. The number of rotatable bonds is 5. The summed E-state index contributed by atoms with van der Waals surface area (Å²) in [6, 6.07) is 9.56. The molecule has 0 aromatic heterocycles. The van der Waals surface area contributed by atoms with Crippen LogP contribution in [0.2, 0.25) is 15.1 Å². The van der Waals surface area contributed by atoms with Crippen LogP contribution in [0.3, 0.4) is 0 Å². The van der Waals surface area contributed by atoms with E-state index in [4.69, 9.17) is 39.5 Å². The molecular weight excluding hydrogens is 409 g/mol. The van der Waals surface area contributed by atoms with Crippen molar-refractivity contribution in [1.82, 2.24) is 0 Å². The van der Waals surface area contributed by atoms with Crippen LogP contribution in [0.25, 0.3) is 0 Å². The molecule has 0 unspecified atom stereocenters. The zero-order valence-corrected chi connectivity index (χ0v) is 16.1. The highest BCUT2D eigenvalue weighted by Gasteiger charge is 2.21. The van der Waals surface area contributed by atoms with Crippen molar-refractivity contribution in [2.75, 3.05) is 17.7 Å². The molecule has 0 aliphatic heterocycles. The number of para-hydroxylation sites is 1. The van der Waals surface area contributed by atoms with Gasteiger partial charge in [-0.2, -0.15) is 0 Å². The van der Waals surface area contributed by atoms with Crippen molar-refractivity contribution in [1.29, 1.82) is 0 Å².